The molecule has 2 heterocycles. The maximum atomic E-state index is 6.07. The Morgan fingerprint density at radius 2 is 1.89 bits per heavy atom. The van der Waals surface area contributed by atoms with Crippen LogP contribution in [0, 0.1) is 6.92 Å². The molecule has 2 aromatic carbocycles. The minimum atomic E-state index is 0.580. The molecule has 4 aromatic rings. The van der Waals surface area contributed by atoms with Gasteiger partial charge in [-0.05, 0) is 79.1 Å². The van der Waals surface area contributed by atoms with Crippen molar-refractivity contribution in [1.29, 1.82) is 0 Å². The Kier molecular flexibility index (Phi) is 5.79. The molecule has 0 unspecified atom stereocenters. The number of fused-ring (bicyclic) bond motifs is 1. The Morgan fingerprint density at radius 1 is 1.04 bits per heavy atom. The lowest BCUT2D eigenvalue weighted by molar-refractivity contribution is 0.306. The van der Waals surface area contributed by atoms with Crippen molar-refractivity contribution in [1.82, 2.24) is 4.98 Å². The first-order valence-electron chi connectivity index (χ1n) is 9.81. The number of rotatable bonds is 8. The van der Waals surface area contributed by atoms with Crippen molar-refractivity contribution in [2.45, 2.75) is 32.8 Å². The Labute approximate surface area is 170 Å². The summed E-state index contributed by atoms with van der Waals surface area (Å²) in [6.45, 7) is 3.46. The zero-order valence-electron chi connectivity index (χ0n) is 16.2. The van der Waals surface area contributed by atoms with E-state index in [1.54, 1.807) is 11.3 Å². The molecule has 0 saturated heterocycles. The summed E-state index contributed by atoms with van der Waals surface area (Å²) in [5.74, 6) is 0.907. The van der Waals surface area contributed by atoms with Crippen LogP contribution in [0.4, 0.5) is 0 Å². The minimum Gasteiger partial charge on any atom is -0.489 e. The highest BCUT2D eigenvalue weighted by Crippen LogP contribution is 2.36. The van der Waals surface area contributed by atoms with Crippen LogP contribution in [-0.2, 0) is 13.0 Å². The Balaban J connectivity index is 1.66. The zero-order chi connectivity index (χ0) is 19.3. The maximum Gasteiger partial charge on any atom is 0.120 e. The molecular weight excluding hydrogens is 364 g/mol. The van der Waals surface area contributed by atoms with Crippen molar-refractivity contribution in [2.24, 2.45) is 5.73 Å². The molecule has 4 rings (SSSR count). The first kappa shape index (κ1) is 18.8. The molecule has 0 aliphatic rings. The lowest BCUT2D eigenvalue weighted by Gasteiger charge is -2.07. The number of nitrogens with one attached hydrogen (secondary N) is 1. The van der Waals surface area contributed by atoms with E-state index in [9.17, 15) is 0 Å². The summed E-state index contributed by atoms with van der Waals surface area (Å²) in [5, 5.41) is 3.46. The number of aromatic nitrogens is 1. The van der Waals surface area contributed by atoms with E-state index in [1.807, 2.05) is 18.2 Å². The third-order valence-electron chi connectivity index (χ3n) is 4.98. The lowest BCUT2D eigenvalue weighted by atomic mass is 10.0. The molecule has 0 bridgehead atoms. The number of unbranched alkanes of at least 4 members (excludes halogenated alkanes) is 1. The van der Waals surface area contributed by atoms with Gasteiger partial charge in [-0.3, -0.25) is 0 Å². The average molecular weight is 391 g/mol. The van der Waals surface area contributed by atoms with Crippen LogP contribution in [0.1, 0.15) is 29.5 Å². The van der Waals surface area contributed by atoms with E-state index >= 15 is 0 Å². The summed E-state index contributed by atoms with van der Waals surface area (Å²) < 4.78 is 6.07. The quantitative estimate of drug-likeness (QED) is 0.359. The first-order valence-corrected chi connectivity index (χ1v) is 10.7. The highest BCUT2D eigenvalue weighted by Gasteiger charge is 2.15. The molecule has 0 spiro atoms. The number of ether oxygens (including phenoxy) is 1. The van der Waals surface area contributed by atoms with Gasteiger partial charge in [0.05, 0.1) is 10.6 Å². The van der Waals surface area contributed by atoms with Gasteiger partial charge in [0.25, 0.3) is 0 Å². The number of benzene rings is 2. The van der Waals surface area contributed by atoms with Crippen LogP contribution in [-0.4, -0.2) is 11.5 Å². The van der Waals surface area contributed by atoms with E-state index in [-0.39, 0.29) is 0 Å². The van der Waals surface area contributed by atoms with Gasteiger partial charge in [0.15, 0.2) is 0 Å². The zero-order valence-corrected chi connectivity index (χ0v) is 17.0. The molecule has 0 amide bonds. The highest BCUT2D eigenvalue weighted by molar-refractivity contribution is 7.13. The van der Waals surface area contributed by atoms with E-state index in [2.05, 4.69) is 53.7 Å². The van der Waals surface area contributed by atoms with Crippen LogP contribution in [0.5, 0.6) is 5.75 Å². The van der Waals surface area contributed by atoms with Gasteiger partial charge in [-0.2, -0.15) is 0 Å². The molecule has 2 aromatic heterocycles. The normalized spacial score (nSPS) is 11.2. The van der Waals surface area contributed by atoms with E-state index < -0.39 is 0 Å². The summed E-state index contributed by atoms with van der Waals surface area (Å²) in [6.07, 6.45) is 3.15. The molecule has 3 nitrogen and oxygen atoms in total. The van der Waals surface area contributed by atoms with E-state index in [0.29, 0.717) is 6.61 Å². The van der Waals surface area contributed by atoms with Gasteiger partial charge in [-0.15, -0.1) is 11.3 Å². The van der Waals surface area contributed by atoms with Gasteiger partial charge in [-0.1, -0.05) is 30.3 Å². The molecule has 4 heteroatoms. The molecule has 0 saturated carbocycles. The largest absolute Gasteiger partial charge is 0.489 e. The first-order chi connectivity index (χ1) is 13.7. The molecule has 3 N–H and O–H groups in total. The third-order valence-corrected chi connectivity index (χ3v) is 6.05. The Morgan fingerprint density at radius 3 is 2.64 bits per heavy atom. The van der Waals surface area contributed by atoms with Gasteiger partial charge in [0.2, 0.25) is 0 Å². The monoisotopic (exact) mass is 390 g/mol. The number of nitrogens with two attached hydrogens (primary N) is 1. The lowest BCUT2D eigenvalue weighted by Crippen LogP contribution is -1.99. The van der Waals surface area contributed by atoms with E-state index in [1.165, 1.54) is 32.6 Å². The van der Waals surface area contributed by atoms with Crippen LogP contribution < -0.4 is 10.5 Å². The second kappa shape index (κ2) is 8.63. The fourth-order valence-corrected chi connectivity index (χ4v) is 4.46. The highest BCUT2D eigenvalue weighted by atomic mass is 32.1. The fraction of sp³-hybridized carbons (Fsp3) is 0.250. The molecule has 28 heavy (non-hydrogen) atoms. The summed E-state index contributed by atoms with van der Waals surface area (Å²) in [4.78, 5) is 4.94. The van der Waals surface area contributed by atoms with Gasteiger partial charge in [0, 0.05) is 10.9 Å². The molecular formula is C24H26N2OS. The van der Waals surface area contributed by atoms with Crippen molar-refractivity contribution in [3.8, 4) is 16.3 Å². The summed E-state index contributed by atoms with van der Waals surface area (Å²) in [5.41, 5.74) is 12.0. The van der Waals surface area contributed by atoms with E-state index in [0.717, 1.165) is 37.1 Å². The van der Waals surface area contributed by atoms with Crippen LogP contribution >= 0.6 is 11.3 Å². The SMILES string of the molecule is Cc1csc(-c2[nH]c3ccc(OCc4ccccc4)cc3c2CCCCN)c1. The second-order valence-electron chi connectivity index (χ2n) is 7.19. The molecule has 0 aliphatic heterocycles. The smallest absolute Gasteiger partial charge is 0.120 e. The molecule has 144 valence electrons. The fourth-order valence-electron chi connectivity index (χ4n) is 3.54. The summed E-state index contributed by atoms with van der Waals surface area (Å²) >= 11 is 1.80. The number of aryl methyl sites for hydroxylation is 2. The molecule has 0 fully saturated rings. The summed E-state index contributed by atoms with van der Waals surface area (Å²) in [7, 11) is 0. The van der Waals surface area contributed by atoms with Crippen molar-refractivity contribution >= 4 is 22.2 Å². The number of H-pyrrole nitrogens is 1. The second-order valence-corrected chi connectivity index (χ2v) is 8.11. The number of hydrogen-bond donors (Lipinski definition) is 2. The Hall–Kier alpha value is -2.56. The maximum absolute atomic E-state index is 6.07. The predicted molar refractivity (Wildman–Crippen MR) is 119 cm³/mol. The van der Waals surface area contributed by atoms with Crippen molar-refractivity contribution in [3.05, 3.63) is 76.7 Å². The van der Waals surface area contributed by atoms with Gasteiger partial charge >= 0.3 is 0 Å². The van der Waals surface area contributed by atoms with Gasteiger partial charge < -0.3 is 15.5 Å². The van der Waals surface area contributed by atoms with E-state index in [4.69, 9.17) is 10.5 Å². The number of hydrogen-bond acceptors (Lipinski definition) is 3. The van der Waals surface area contributed by atoms with Crippen LogP contribution in [0.2, 0.25) is 0 Å². The third kappa shape index (κ3) is 4.13. The average Bonchev–Trinajstić information content (AvgIpc) is 3.31. The summed E-state index contributed by atoms with van der Waals surface area (Å²) in [6, 6.07) is 18.9. The standard InChI is InChI=1S/C24H26N2OS/c1-17-13-23(28-16-17)24-20(9-5-6-12-25)21-14-19(10-11-22(21)26-24)27-15-18-7-3-2-4-8-18/h2-4,7-8,10-11,13-14,16,26H,5-6,9,12,15,25H2,1H3. The van der Waals surface area contributed by atoms with Crippen LogP contribution in [0.3, 0.4) is 0 Å². The van der Waals surface area contributed by atoms with Crippen molar-refractivity contribution in [2.75, 3.05) is 6.54 Å². The van der Waals surface area contributed by atoms with Gasteiger partial charge in [-0.25, -0.2) is 0 Å². The number of aromatic amines is 1. The molecule has 0 radical (unpaired) electrons. The van der Waals surface area contributed by atoms with Crippen molar-refractivity contribution < 1.29 is 4.74 Å². The van der Waals surface area contributed by atoms with Gasteiger partial charge in [0.1, 0.15) is 12.4 Å². The topological polar surface area (TPSA) is 51.0 Å². The number of thiophene rings is 1. The minimum absolute atomic E-state index is 0.580. The molecule has 0 aliphatic carbocycles. The predicted octanol–water partition coefficient (Wildman–Crippen LogP) is 6.07. The van der Waals surface area contributed by atoms with Crippen LogP contribution in [0.25, 0.3) is 21.5 Å². The van der Waals surface area contributed by atoms with Crippen LogP contribution in [0.15, 0.2) is 60.0 Å². The molecule has 0 atom stereocenters. The van der Waals surface area contributed by atoms with Crippen molar-refractivity contribution in [3.63, 3.8) is 0 Å². The Bertz CT molecular complexity index is 1050.